The molecule has 0 aliphatic heterocycles. The molecule has 1 unspecified atom stereocenters. The summed E-state index contributed by atoms with van der Waals surface area (Å²) in [5, 5.41) is 11.4. The predicted molar refractivity (Wildman–Crippen MR) is 40.0 cm³/mol. The zero-order valence-corrected chi connectivity index (χ0v) is 6.55. The lowest BCUT2D eigenvalue weighted by atomic mass is 10.1. The lowest BCUT2D eigenvalue weighted by Gasteiger charge is -2.11. The molecule has 0 aromatic rings. The zero-order valence-electron chi connectivity index (χ0n) is 6.55. The molecule has 0 aliphatic carbocycles. The van der Waals surface area contributed by atoms with Crippen LogP contribution in [0.4, 0.5) is 0 Å². The molecule has 0 saturated heterocycles. The lowest BCUT2D eigenvalue weighted by Crippen LogP contribution is -2.27. The molecule has 0 bridgehead atoms. The van der Waals surface area contributed by atoms with E-state index in [1.165, 1.54) is 0 Å². The first kappa shape index (κ1) is 9.43. The molecular formula is C7H15NO2. The number of nitrogens with one attached hydrogen (secondary N) is 1. The zero-order chi connectivity index (χ0) is 7.98. The van der Waals surface area contributed by atoms with Crippen molar-refractivity contribution >= 4 is 5.97 Å². The maximum atomic E-state index is 10.2. The molecule has 0 rings (SSSR count). The topological polar surface area (TPSA) is 49.3 Å². The van der Waals surface area contributed by atoms with E-state index in [2.05, 4.69) is 5.32 Å². The molecule has 2 N–H and O–H groups in total. The Kier molecular flexibility index (Phi) is 4.94. The summed E-state index contributed by atoms with van der Waals surface area (Å²) in [6.07, 6.45) is 2.19. The van der Waals surface area contributed by atoms with Crippen molar-refractivity contribution in [2.45, 2.75) is 32.2 Å². The van der Waals surface area contributed by atoms with E-state index in [0.717, 1.165) is 12.8 Å². The van der Waals surface area contributed by atoms with Crippen molar-refractivity contribution < 1.29 is 9.90 Å². The van der Waals surface area contributed by atoms with Crippen molar-refractivity contribution in [1.29, 1.82) is 0 Å². The Balaban J connectivity index is 3.49. The first-order valence-corrected chi connectivity index (χ1v) is 3.59. The van der Waals surface area contributed by atoms with E-state index in [4.69, 9.17) is 5.11 Å². The fraction of sp³-hybridized carbons (Fsp3) is 0.857. The first-order valence-electron chi connectivity index (χ1n) is 3.59. The highest BCUT2D eigenvalue weighted by atomic mass is 16.4. The molecule has 0 aliphatic rings. The predicted octanol–water partition coefficient (Wildman–Crippen LogP) is 0.849. The van der Waals surface area contributed by atoms with E-state index in [1.54, 1.807) is 7.05 Å². The van der Waals surface area contributed by atoms with Gasteiger partial charge in [-0.25, -0.2) is 0 Å². The van der Waals surface area contributed by atoms with Gasteiger partial charge in [-0.05, 0) is 13.5 Å². The molecule has 0 amide bonds. The average Bonchev–Trinajstić information content (AvgIpc) is 1.86. The van der Waals surface area contributed by atoms with Crippen LogP contribution in [-0.2, 0) is 4.79 Å². The van der Waals surface area contributed by atoms with E-state index in [9.17, 15) is 4.79 Å². The average molecular weight is 145 g/mol. The van der Waals surface area contributed by atoms with E-state index in [-0.39, 0.29) is 12.5 Å². The quantitative estimate of drug-likeness (QED) is 0.603. The molecule has 60 valence electrons. The van der Waals surface area contributed by atoms with Gasteiger partial charge in [0, 0.05) is 6.04 Å². The first-order chi connectivity index (χ1) is 4.70. The smallest absolute Gasteiger partial charge is 0.304 e. The van der Waals surface area contributed by atoms with Crippen molar-refractivity contribution in [1.82, 2.24) is 5.32 Å². The molecule has 0 saturated carbocycles. The summed E-state index contributed by atoms with van der Waals surface area (Å²) >= 11 is 0. The molecule has 0 spiro atoms. The molecule has 0 aromatic carbocycles. The van der Waals surface area contributed by atoms with Crippen LogP contribution < -0.4 is 5.32 Å². The lowest BCUT2D eigenvalue weighted by molar-refractivity contribution is -0.137. The molecule has 10 heavy (non-hydrogen) atoms. The van der Waals surface area contributed by atoms with Gasteiger partial charge in [-0.15, -0.1) is 0 Å². The summed E-state index contributed by atoms with van der Waals surface area (Å²) < 4.78 is 0. The molecule has 3 nitrogen and oxygen atoms in total. The minimum atomic E-state index is -0.729. The second-order valence-electron chi connectivity index (χ2n) is 2.37. The van der Waals surface area contributed by atoms with Gasteiger partial charge in [0.25, 0.3) is 0 Å². The Morgan fingerprint density at radius 1 is 1.70 bits per heavy atom. The van der Waals surface area contributed by atoms with Gasteiger partial charge < -0.3 is 10.4 Å². The normalized spacial score (nSPS) is 13.0. The number of aliphatic carboxylic acids is 1. The highest BCUT2D eigenvalue weighted by Gasteiger charge is 2.08. The second kappa shape index (κ2) is 5.23. The number of rotatable bonds is 5. The third-order valence-corrected chi connectivity index (χ3v) is 1.47. The Hall–Kier alpha value is -0.570. The number of hydrogen-bond acceptors (Lipinski definition) is 2. The fourth-order valence-electron chi connectivity index (χ4n) is 0.908. The van der Waals surface area contributed by atoms with Crippen LogP contribution in [0.5, 0.6) is 0 Å². The van der Waals surface area contributed by atoms with Crippen LogP contribution in [0.3, 0.4) is 0 Å². The molecule has 0 aromatic heterocycles. The Labute approximate surface area is 61.4 Å². The molecule has 0 heterocycles. The molecule has 3 heteroatoms. The Morgan fingerprint density at radius 3 is 2.60 bits per heavy atom. The van der Waals surface area contributed by atoms with Gasteiger partial charge >= 0.3 is 5.97 Å². The van der Waals surface area contributed by atoms with Crippen LogP contribution in [0, 0.1) is 0 Å². The van der Waals surface area contributed by atoms with Gasteiger partial charge in [-0.3, -0.25) is 4.79 Å². The summed E-state index contributed by atoms with van der Waals surface area (Å²) in [5.74, 6) is -0.729. The third kappa shape index (κ3) is 4.32. The Morgan fingerprint density at radius 2 is 2.30 bits per heavy atom. The van der Waals surface area contributed by atoms with Gasteiger partial charge in [-0.1, -0.05) is 13.3 Å². The second-order valence-corrected chi connectivity index (χ2v) is 2.37. The van der Waals surface area contributed by atoms with Crippen LogP contribution in [0.25, 0.3) is 0 Å². The van der Waals surface area contributed by atoms with Gasteiger partial charge in [0.05, 0.1) is 6.42 Å². The van der Waals surface area contributed by atoms with Gasteiger partial charge in [0.2, 0.25) is 0 Å². The van der Waals surface area contributed by atoms with Crippen LogP contribution in [0.2, 0.25) is 0 Å². The molecular weight excluding hydrogens is 130 g/mol. The van der Waals surface area contributed by atoms with Crippen molar-refractivity contribution in [2.24, 2.45) is 0 Å². The van der Waals surface area contributed by atoms with Gasteiger partial charge in [0.15, 0.2) is 0 Å². The van der Waals surface area contributed by atoms with Crippen molar-refractivity contribution in [3.63, 3.8) is 0 Å². The van der Waals surface area contributed by atoms with Crippen LogP contribution in [0.1, 0.15) is 26.2 Å². The monoisotopic (exact) mass is 145 g/mol. The molecule has 1 atom stereocenters. The minimum Gasteiger partial charge on any atom is -0.481 e. The van der Waals surface area contributed by atoms with Crippen LogP contribution in [0.15, 0.2) is 0 Å². The van der Waals surface area contributed by atoms with Crippen molar-refractivity contribution in [3.05, 3.63) is 0 Å². The van der Waals surface area contributed by atoms with Crippen LogP contribution in [-0.4, -0.2) is 24.2 Å². The largest absolute Gasteiger partial charge is 0.481 e. The SMILES string of the molecule is CCCC(CC(=O)O)NC. The standard InChI is InChI=1S/C7H15NO2/c1-3-4-6(8-2)5-7(9)10/h6,8H,3-5H2,1-2H3,(H,9,10). The van der Waals surface area contributed by atoms with Crippen molar-refractivity contribution in [2.75, 3.05) is 7.05 Å². The maximum Gasteiger partial charge on any atom is 0.304 e. The number of carboxylic acids is 1. The highest BCUT2D eigenvalue weighted by molar-refractivity contribution is 5.67. The summed E-state index contributed by atoms with van der Waals surface area (Å²) in [6, 6.07) is 0.141. The summed E-state index contributed by atoms with van der Waals surface area (Å²) in [4.78, 5) is 10.2. The van der Waals surface area contributed by atoms with Gasteiger partial charge in [-0.2, -0.15) is 0 Å². The van der Waals surface area contributed by atoms with Crippen molar-refractivity contribution in [3.8, 4) is 0 Å². The van der Waals surface area contributed by atoms with Crippen LogP contribution >= 0.6 is 0 Å². The molecule has 0 radical (unpaired) electrons. The van der Waals surface area contributed by atoms with E-state index >= 15 is 0 Å². The number of hydrogen-bond donors (Lipinski definition) is 2. The number of carboxylic acid groups (broad SMARTS) is 1. The third-order valence-electron chi connectivity index (χ3n) is 1.47. The molecule has 0 fully saturated rings. The van der Waals surface area contributed by atoms with E-state index < -0.39 is 5.97 Å². The van der Waals surface area contributed by atoms with E-state index in [0.29, 0.717) is 0 Å². The summed E-state index contributed by atoms with van der Waals surface area (Å²) in [7, 11) is 1.79. The summed E-state index contributed by atoms with van der Waals surface area (Å²) in [6.45, 7) is 2.05. The van der Waals surface area contributed by atoms with Gasteiger partial charge in [0.1, 0.15) is 0 Å². The summed E-state index contributed by atoms with van der Waals surface area (Å²) in [5.41, 5.74) is 0. The Bertz CT molecular complexity index is 104. The maximum absolute atomic E-state index is 10.2. The highest BCUT2D eigenvalue weighted by Crippen LogP contribution is 1.99. The minimum absolute atomic E-state index is 0.141. The van der Waals surface area contributed by atoms with E-state index in [1.807, 2.05) is 6.92 Å². The number of carbonyl (C=O) groups is 1. The fourth-order valence-corrected chi connectivity index (χ4v) is 0.908.